The van der Waals surface area contributed by atoms with E-state index in [0.717, 1.165) is 98.5 Å². The Hall–Kier alpha value is -18.6. The Morgan fingerprint density at radius 3 is 0.746 bits per heavy atom. The molecule has 27 aromatic rings. The van der Waals surface area contributed by atoms with Gasteiger partial charge in [-0.1, -0.05) is 437 Å². The number of aromatic nitrogens is 9. The van der Waals surface area contributed by atoms with Crippen molar-refractivity contribution < 1.29 is 0 Å². The van der Waals surface area contributed by atoms with Gasteiger partial charge in [0.15, 0.2) is 52.4 Å². The summed E-state index contributed by atoms with van der Waals surface area (Å²) >= 11 is 0. The standard InChI is InChI=1S/3C43H27N3/c1-2-13-29(14-3-1)41-44-42(32-23-22-28-12-4-5-15-30(28)26-32)46-43(45-41)39-25-24-38(35-19-9-10-20-36(35)39)40-27-31-16-6-7-17-33(31)34-18-8-11-21-37(34)40;1-2-12-29(13-3-1)41-44-42(34-22-21-28-11-4-5-14-30(28)25-34)46-43(45-41)39-20-10-16-31-26-33(23-24-36(31)39)40-27-32-15-6-7-17-35(32)37-18-8-9-19-38(37)40;1-2-11-30(12-3-1)41-44-42(36-20-17-28-9-4-5-13-31(28)27-36)46-43(45-41)40-16-8-14-34-25-32(22-24-39(34)40)33-21-23-38-35(26-33)19-18-29-10-6-7-15-37(29)38/h3*1-27H. The van der Waals surface area contributed by atoms with Crippen LogP contribution in [0.3, 0.4) is 0 Å². The van der Waals surface area contributed by atoms with E-state index < -0.39 is 0 Å². The maximum Gasteiger partial charge on any atom is 0.164 e. The van der Waals surface area contributed by atoms with Gasteiger partial charge >= 0.3 is 0 Å². The highest BCUT2D eigenvalue weighted by molar-refractivity contribution is 6.19. The lowest BCUT2D eigenvalue weighted by molar-refractivity contribution is 1.08. The molecule has 9 heteroatoms. The van der Waals surface area contributed by atoms with Crippen molar-refractivity contribution in [2.24, 2.45) is 0 Å². The molecule has 3 heterocycles. The molecule has 0 radical (unpaired) electrons. The molecule has 0 amide bonds. The van der Waals surface area contributed by atoms with Crippen LogP contribution in [-0.2, 0) is 0 Å². The van der Waals surface area contributed by atoms with E-state index in [9.17, 15) is 0 Å². The van der Waals surface area contributed by atoms with Crippen molar-refractivity contribution in [3.63, 3.8) is 0 Å². The normalized spacial score (nSPS) is 11.5. The summed E-state index contributed by atoms with van der Waals surface area (Å²) in [6.45, 7) is 0. The molecule has 0 N–H and O–H groups in total. The van der Waals surface area contributed by atoms with Gasteiger partial charge in [0.25, 0.3) is 0 Å². The molecule has 24 aromatic carbocycles. The minimum Gasteiger partial charge on any atom is -0.208 e. The van der Waals surface area contributed by atoms with Crippen LogP contribution in [0.2, 0.25) is 0 Å². The van der Waals surface area contributed by atoms with Gasteiger partial charge in [-0.25, -0.2) is 44.9 Å². The zero-order valence-corrected chi connectivity index (χ0v) is 74.8. The van der Waals surface area contributed by atoms with Gasteiger partial charge < -0.3 is 0 Å². The predicted molar refractivity (Wildman–Crippen MR) is 575 cm³/mol. The molecule has 0 spiro atoms. The van der Waals surface area contributed by atoms with Gasteiger partial charge in [0.1, 0.15) is 0 Å². The minimum absolute atomic E-state index is 0.655. The molecule has 3 aromatic heterocycles. The lowest BCUT2D eigenvalue weighted by Gasteiger charge is -2.15. The second-order valence-corrected chi connectivity index (χ2v) is 35.0. The van der Waals surface area contributed by atoms with E-state index >= 15 is 0 Å². The van der Waals surface area contributed by atoms with E-state index in [-0.39, 0.29) is 0 Å². The minimum atomic E-state index is 0.655. The van der Waals surface area contributed by atoms with Crippen LogP contribution in [0, 0.1) is 0 Å². The fourth-order valence-electron chi connectivity index (χ4n) is 19.8. The number of fused-ring (bicyclic) bond motifs is 15. The summed E-state index contributed by atoms with van der Waals surface area (Å²) in [5.74, 6) is 5.92. The highest BCUT2D eigenvalue weighted by atomic mass is 15.1. The second-order valence-electron chi connectivity index (χ2n) is 35.0. The SMILES string of the molecule is c1ccc(-c2nc(-c3ccc4ccccc4c3)nc(-c3ccc(-c4cc5ccccc5c5ccccc45)c4ccccc34)n2)cc1.c1ccc(-c2nc(-c3ccc4ccccc4c3)nc(-c3cccc4cc(-c5cc6ccccc6c6ccccc56)ccc34)n2)cc1.c1ccc(-c2nc(-c3ccc4ccccc4c3)nc(-c3cccc4cc(-c5ccc6c(ccc7ccccc76)c5)ccc34)n2)cc1. The van der Waals surface area contributed by atoms with Crippen LogP contribution in [0.25, 0.3) is 265 Å². The average Bonchev–Trinajstić information content (AvgIpc) is 0.745. The fourth-order valence-corrected chi connectivity index (χ4v) is 19.8. The third-order valence-corrected chi connectivity index (χ3v) is 26.6. The van der Waals surface area contributed by atoms with Gasteiger partial charge in [-0.3, -0.25) is 0 Å². The van der Waals surface area contributed by atoms with Crippen molar-refractivity contribution in [1.29, 1.82) is 0 Å². The molecule has 0 aliphatic carbocycles. The molecule has 0 bridgehead atoms. The quantitative estimate of drug-likeness (QED) is 0.110. The van der Waals surface area contributed by atoms with E-state index in [1.807, 2.05) is 78.9 Å². The van der Waals surface area contributed by atoms with Crippen LogP contribution < -0.4 is 0 Å². The molecule has 0 saturated heterocycles. The average molecular weight is 1760 g/mol. The first-order valence-corrected chi connectivity index (χ1v) is 46.6. The van der Waals surface area contributed by atoms with E-state index in [2.05, 4.69) is 413 Å². The summed E-state index contributed by atoms with van der Waals surface area (Å²) in [5.41, 5.74) is 15.9. The third-order valence-electron chi connectivity index (χ3n) is 26.6. The van der Waals surface area contributed by atoms with Crippen LogP contribution in [0.4, 0.5) is 0 Å². The van der Waals surface area contributed by atoms with Gasteiger partial charge in [0.05, 0.1) is 0 Å². The molecular weight excluding hydrogens is 1680 g/mol. The summed E-state index contributed by atoms with van der Waals surface area (Å²) in [5, 5.41) is 28.9. The summed E-state index contributed by atoms with van der Waals surface area (Å²) in [6.07, 6.45) is 0. The molecule has 642 valence electrons. The molecule has 0 fully saturated rings. The molecule has 27 rings (SSSR count). The van der Waals surface area contributed by atoms with E-state index in [4.69, 9.17) is 44.9 Å². The van der Waals surface area contributed by atoms with Crippen LogP contribution in [0.15, 0.2) is 491 Å². The van der Waals surface area contributed by atoms with Gasteiger partial charge in [0.2, 0.25) is 0 Å². The first kappa shape index (κ1) is 81.4. The molecule has 0 saturated carbocycles. The zero-order chi connectivity index (χ0) is 91.4. The smallest absolute Gasteiger partial charge is 0.164 e. The van der Waals surface area contributed by atoms with Crippen molar-refractivity contribution in [2.45, 2.75) is 0 Å². The van der Waals surface area contributed by atoms with Crippen LogP contribution in [0.5, 0.6) is 0 Å². The van der Waals surface area contributed by atoms with Crippen molar-refractivity contribution in [2.75, 3.05) is 0 Å². The van der Waals surface area contributed by atoms with Crippen LogP contribution in [0.1, 0.15) is 0 Å². The van der Waals surface area contributed by atoms with E-state index in [0.29, 0.717) is 52.4 Å². The van der Waals surface area contributed by atoms with Crippen molar-refractivity contribution >= 4 is 129 Å². The lowest BCUT2D eigenvalue weighted by Crippen LogP contribution is -2.01. The molecule has 0 unspecified atom stereocenters. The number of rotatable bonds is 12. The summed E-state index contributed by atoms with van der Waals surface area (Å²) in [4.78, 5) is 45.4. The second kappa shape index (κ2) is 35.2. The molecule has 0 aliphatic heterocycles. The highest BCUT2D eigenvalue weighted by Gasteiger charge is 2.23. The summed E-state index contributed by atoms with van der Waals surface area (Å²) < 4.78 is 0. The highest BCUT2D eigenvalue weighted by Crippen LogP contribution is 2.45. The Morgan fingerprint density at radius 1 is 0.0870 bits per heavy atom. The monoisotopic (exact) mass is 1760 g/mol. The lowest BCUT2D eigenvalue weighted by atomic mass is 9.89. The number of hydrogen-bond acceptors (Lipinski definition) is 9. The van der Waals surface area contributed by atoms with Gasteiger partial charge in [-0.15, -0.1) is 0 Å². The van der Waals surface area contributed by atoms with Gasteiger partial charge in [0, 0.05) is 50.1 Å². The van der Waals surface area contributed by atoms with E-state index in [1.165, 1.54) is 114 Å². The van der Waals surface area contributed by atoms with Crippen molar-refractivity contribution in [3.05, 3.63) is 491 Å². The molecule has 138 heavy (non-hydrogen) atoms. The number of nitrogens with zero attached hydrogens (tertiary/aromatic N) is 9. The first-order chi connectivity index (χ1) is 68.3. The molecular formula is C129H81N9. The van der Waals surface area contributed by atoms with Gasteiger partial charge in [-0.2, -0.15) is 0 Å². The Balaban J connectivity index is 0.000000110. The molecule has 9 nitrogen and oxygen atoms in total. The van der Waals surface area contributed by atoms with Crippen molar-refractivity contribution in [1.82, 2.24) is 44.9 Å². The Morgan fingerprint density at radius 2 is 0.319 bits per heavy atom. The van der Waals surface area contributed by atoms with Crippen molar-refractivity contribution in [3.8, 4) is 136 Å². The number of hydrogen-bond donors (Lipinski definition) is 0. The zero-order valence-electron chi connectivity index (χ0n) is 74.8. The maximum absolute atomic E-state index is 5.13. The molecule has 0 aliphatic rings. The van der Waals surface area contributed by atoms with Gasteiger partial charge in [-0.05, 0) is 217 Å². The van der Waals surface area contributed by atoms with Crippen LogP contribution in [-0.4, -0.2) is 44.9 Å². The topological polar surface area (TPSA) is 116 Å². The fraction of sp³-hybridized carbons (Fsp3) is 0. The summed E-state index contributed by atoms with van der Waals surface area (Å²) in [7, 11) is 0. The third kappa shape index (κ3) is 15.5. The summed E-state index contributed by atoms with van der Waals surface area (Å²) in [6, 6.07) is 173. The Kier molecular flexibility index (Phi) is 20.8. The first-order valence-electron chi connectivity index (χ1n) is 46.6. The Labute approximate surface area is 795 Å². The maximum atomic E-state index is 5.13. The molecule has 0 atom stereocenters. The van der Waals surface area contributed by atoms with Crippen LogP contribution >= 0.6 is 0 Å². The largest absolute Gasteiger partial charge is 0.208 e. The predicted octanol–water partition coefficient (Wildman–Crippen LogP) is 33.5. The number of benzene rings is 24. The van der Waals surface area contributed by atoms with E-state index in [1.54, 1.807) is 0 Å². The Bertz CT molecular complexity index is 9500.